The molecule has 0 spiro atoms. The molecular weight excluding hydrogens is 322 g/mol. The summed E-state index contributed by atoms with van der Waals surface area (Å²) in [5.74, 6) is 0.156. The largest absolute Gasteiger partial charge is 0.367 e. The molecule has 2 aromatic carbocycles. The van der Waals surface area contributed by atoms with Gasteiger partial charge < -0.3 is 9.80 Å². The van der Waals surface area contributed by atoms with Crippen LogP contribution in [0.2, 0.25) is 0 Å². The number of piperazine rings is 1. The van der Waals surface area contributed by atoms with Crippen LogP contribution in [0.5, 0.6) is 0 Å². The molecule has 0 N–H and O–H groups in total. The molecule has 0 bridgehead atoms. The number of carbonyl (C=O) groups is 1. The van der Waals surface area contributed by atoms with Crippen LogP contribution in [0, 0.1) is 0 Å². The average Bonchev–Trinajstić information content (AvgIpc) is 2.84. The van der Waals surface area contributed by atoms with E-state index in [1.807, 2.05) is 35.2 Å². The Morgan fingerprint density at radius 2 is 1.69 bits per heavy atom. The Morgan fingerprint density at radius 3 is 2.46 bits per heavy atom. The first-order valence-electron chi connectivity index (χ1n) is 9.56. The average molecular weight is 349 g/mol. The number of amides is 1. The van der Waals surface area contributed by atoms with E-state index in [0.717, 1.165) is 38.3 Å². The summed E-state index contributed by atoms with van der Waals surface area (Å²) in [6, 6.07) is 19.2. The summed E-state index contributed by atoms with van der Waals surface area (Å²) < 4.78 is 0. The monoisotopic (exact) mass is 349 g/mol. The number of benzene rings is 2. The number of para-hydroxylation sites is 1. The summed E-state index contributed by atoms with van der Waals surface area (Å²) in [7, 11) is 0. The smallest absolute Gasteiger partial charge is 0.253 e. The number of anilines is 1. The lowest BCUT2D eigenvalue weighted by Gasteiger charge is -2.42. The van der Waals surface area contributed by atoms with Crippen molar-refractivity contribution in [2.24, 2.45) is 0 Å². The van der Waals surface area contributed by atoms with Crippen molar-refractivity contribution in [3.8, 4) is 0 Å². The van der Waals surface area contributed by atoms with E-state index in [9.17, 15) is 4.79 Å². The van der Waals surface area contributed by atoms with Crippen molar-refractivity contribution in [3.05, 3.63) is 65.7 Å². The normalized spacial score (nSPS) is 20.5. The van der Waals surface area contributed by atoms with Crippen LogP contribution in [0.4, 0.5) is 5.69 Å². The number of hydrogen-bond donors (Lipinski definition) is 0. The third-order valence-electron chi connectivity index (χ3n) is 5.62. The molecule has 2 aliphatic rings. The van der Waals surface area contributed by atoms with Crippen molar-refractivity contribution in [2.45, 2.75) is 32.5 Å². The highest BCUT2D eigenvalue weighted by Gasteiger charge is 2.34. The molecule has 2 heterocycles. The van der Waals surface area contributed by atoms with Crippen LogP contribution in [0.25, 0.3) is 0 Å². The number of rotatable bonds is 2. The van der Waals surface area contributed by atoms with Crippen molar-refractivity contribution in [1.29, 1.82) is 0 Å². The van der Waals surface area contributed by atoms with Gasteiger partial charge in [-0.25, -0.2) is 0 Å². The molecule has 4 nitrogen and oxygen atoms in total. The molecule has 0 aromatic heterocycles. The maximum atomic E-state index is 12.9. The Morgan fingerprint density at radius 1 is 0.962 bits per heavy atom. The van der Waals surface area contributed by atoms with Gasteiger partial charge in [0.2, 0.25) is 0 Å². The van der Waals surface area contributed by atoms with Gasteiger partial charge in [-0.15, -0.1) is 0 Å². The van der Waals surface area contributed by atoms with E-state index in [0.29, 0.717) is 12.1 Å². The van der Waals surface area contributed by atoms with Gasteiger partial charge in [-0.2, -0.15) is 0 Å². The minimum atomic E-state index is 0.156. The van der Waals surface area contributed by atoms with Crippen LogP contribution in [-0.4, -0.2) is 54.0 Å². The maximum absolute atomic E-state index is 12.9. The quantitative estimate of drug-likeness (QED) is 0.833. The molecule has 136 valence electrons. The third kappa shape index (κ3) is 3.21. The Labute approximate surface area is 156 Å². The van der Waals surface area contributed by atoms with E-state index in [2.05, 4.69) is 47.9 Å². The summed E-state index contributed by atoms with van der Waals surface area (Å²) in [5.41, 5.74) is 3.53. The highest BCUT2D eigenvalue weighted by Crippen LogP contribution is 2.30. The summed E-state index contributed by atoms with van der Waals surface area (Å²) >= 11 is 0. The zero-order valence-electron chi connectivity index (χ0n) is 15.6. The Hall–Kier alpha value is -2.33. The first-order valence-corrected chi connectivity index (χ1v) is 9.56. The summed E-state index contributed by atoms with van der Waals surface area (Å²) in [6.45, 7) is 8.97. The third-order valence-corrected chi connectivity index (χ3v) is 5.62. The lowest BCUT2D eigenvalue weighted by atomic mass is 10.1. The summed E-state index contributed by atoms with van der Waals surface area (Å²) in [5, 5.41) is 0. The molecule has 26 heavy (non-hydrogen) atoms. The van der Waals surface area contributed by atoms with E-state index >= 15 is 0 Å². The molecule has 1 saturated heterocycles. The molecule has 4 heteroatoms. The second-order valence-corrected chi connectivity index (χ2v) is 7.62. The lowest BCUT2D eigenvalue weighted by Crippen LogP contribution is -2.57. The highest BCUT2D eigenvalue weighted by atomic mass is 16.2. The molecule has 1 amide bonds. The number of hydrogen-bond acceptors (Lipinski definition) is 3. The number of fused-ring (bicyclic) bond motifs is 2. The van der Waals surface area contributed by atoms with Gasteiger partial charge in [-0.3, -0.25) is 9.69 Å². The molecule has 0 radical (unpaired) electrons. The van der Waals surface area contributed by atoms with Crippen LogP contribution >= 0.6 is 0 Å². The summed E-state index contributed by atoms with van der Waals surface area (Å²) in [6.07, 6.45) is 0. The lowest BCUT2D eigenvalue weighted by molar-refractivity contribution is 0.0482. The van der Waals surface area contributed by atoms with Crippen molar-refractivity contribution in [1.82, 2.24) is 9.80 Å². The molecule has 1 fully saturated rings. The van der Waals surface area contributed by atoms with Crippen molar-refractivity contribution >= 4 is 11.6 Å². The van der Waals surface area contributed by atoms with Crippen LogP contribution in [0.3, 0.4) is 0 Å². The van der Waals surface area contributed by atoms with Gasteiger partial charge in [0, 0.05) is 56.1 Å². The molecule has 4 rings (SSSR count). The molecule has 1 unspecified atom stereocenters. The Bertz CT molecular complexity index is 774. The van der Waals surface area contributed by atoms with Gasteiger partial charge in [-0.1, -0.05) is 36.4 Å². The van der Waals surface area contributed by atoms with E-state index < -0.39 is 0 Å². The molecule has 0 saturated carbocycles. The fourth-order valence-electron chi connectivity index (χ4n) is 4.18. The van der Waals surface area contributed by atoms with Gasteiger partial charge in [0.25, 0.3) is 5.91 Å². The van der Waals surface area contributed by atoms with Gasteiger partial charge in [0.15, 0.2) is 0 Å². The molecular formula is C22H27N3O. The Balaban J connectivity index is 1.57. The van der Waals surface area contributed by atoms with Crippen LogP contribution < -0.4 is 4.90 Å². The summed E-state index contributed by atoms with van der Waals surface area (Å²) in [4.78, 5) is 20.0. The first-order chi connectivity index (χ1) is 12.6. The zero-order valence-corrected chi connectivity index (χ0v) is 15.6. The van der Waals surface area contributed by atoms with Crippen LogP contribution in [0.15, 0.2) is 54.6 Å². The second-order valence-electron chi connectivity index (χ2n) is 7.62. The van der Waals surface area contributed by atoms with Crippen molar-refractivity contribution in [2.75, 3.05) is 31.1 Å². The minimum absolute atomic E-state index is 0.156. The predicted octanol–water partition coefficient (Wildman–Crippen LogP) is 3.24. The van der Waals surface area contributed by atoms with Crippen LogP contribution in [0.1, 0.15) is 29.8 Å². The topological polar surface area (TPSA) is 26.8 Å². The maximum Gasteiger partial charge on any atom is 0.253 e. The first kappa shape index (κ1) is 17.1. The van der Waals surface area contributed by atoms with E-state index in [-0.39, 0.29) is 5.91 Å². The van der Waals surface area contributed by atoms with E-state index in [4.69, 9.17) is 0 Å². The van der Waals surface area contributed by atoms with Crippen molar-refractivity contribution < 1.29 is 4.79 Å². The number of nitrogens with zero attached hydrogens (tertiary/aromatic N) is 3. The predicted molar refractivity (Wildman–Crippen MR) is 105 cm³/mol. The SMILES string of the molecule is CC(C)N1CC2CN(C(=O)c3ccccc3)CCN2Cc2ccccc21. The molecule has 2 aromatic rings. The molecule has 1 atom stereocenters. The van der Waals surface area contributed by atoms with Gasteiger partial charge in [0.05, 0.1) is 0 Å². The molecule has 0 aliphatic carbocycles. The van der Waals surface area contributed by atoms with E-state index in [1.165, 1.54) is 11.3 Å². The fraction of sp³-hybridized carbons (Fsp3) is 0.409. The molecule has 2 aliphatic heterocycles. The van der Waals surface area contributed by atoms with Gasteiger partial charge in [0.1, 0.15) is 0 Å². The highest BCUT2D eigenvalue weighted by molar-refractivity contribution is 5.94. The Kier molecular flexibility index (Phi) is 4.68. The standard InChI is InChI=1S/C22H27N3O/c1-17(2)25-16-20-15-24(22(26)18-8-4-3-5-9-18)13-12-23(20)14-19-10-6-7-11-21(19)25/h3-11,17,20H,12-16H2,1-2H3. The zero-order chi connectivity index (χ0) is 18.1. The van der Waals surface area contributed by atoms with Gasteiger partial charge >= 0.3 is 0 Å². The van der Waals surface area contributed by atoms with Crippen molar-refractivity contribution in [3.63, 3.8) is 0 Å². The second kappa shape index (κ2) is 7.12. The van der Waals surface area contributed by atoms with Crippen LogP contribution in [-0.2, 0) is 6.54 Å². The minimum Gasteiger partial charge on any atom is -0.367 e. The fourth-order valence-corrected chi connectivity index (χ4v) is 4.18. The van der Waals surface area contributed by atoms with Gasteiger partial charge in [-0.05, 0) is 37.6 Å². The van der Waals surface area contributed by atoms with E-state index in [1.54, 1.807) is 0 Å². The number of carbonyl (C=O) groups excluding carboxylic acids is 1.